The van der Waals surface area contributed by atoms with Crippen molar-refractivity contribution in [2.24, 2.45) is 4.36 Å². The van der Waals surface area contributed by atoms with Crippen LogP contribution in [0.1, 0.15) is 19.4 Å². The molecular weight excluding hydrogens is 433 g/mol. The number of rotatable bonds is 7. The van der Waals surface area contributed by atoms with Crippen molar-refractivity contribution in [3.05, 3.63) is 48.0 Å². The van der Waals surface area contributed by atoms with Gasteiger partial charge in [0.2, 0.25) is 5.91 Å². The first-order chi connectivity index (χ1) is 15.0. The number of aromatic nitrogens is 2. The number of benzene rings is 2. The zero-order valence-corrected chi connectivity index (χ0v) is 19.4. The first-order valence-corrected chi connectivity index (χ1v) is 12.2. The number of anilines is 2. The van der Waals surface area contributed by atoms with Crippen LogP contribution in [0.5, 0.6) is 5.75 Å². The zero-order chi connectivity index (χ0) is 23.5. The second-order valence-corrected chi connectivity index (χ2v) is 10.3. The minimum atomic E-state index is -2.32. The lowest BCUT2D eigenvalue weighted by atomic mass is 10.1. The fourth-order valence-corrected chi connectivity index (χ4v) is 3.76. The molecule has 0 aliphatic heterocycles. The molecule has 1 atom stereocenters. The largest absolute Gasteiger partial charge is 0.487 e. The lowest BCUT2D eigenvalue weighted by Crippen LogP contribution is -2.32. The molecule has 10 heteroatoms. The van der Waals surface area contributed by atoms with Gasteiger partial charge in [0, 0.05) is 40.6 Å². The molecule has 3 aromatic rings. The summed E-state index contributed by atoms with van der Waals surface area (Å²) < 4.78 is 36.1. The van der Waals surface area contributed by atoms with Crippen LogP contribution in [-0.2, 0) is 14.5 Å². The van der Waals surface area contributed by atoms with Gasteiger partial charge in [-0.15, -0.1) is 0 Å². The third kappa shape index (κ3) is 6.13. The second-order valence-electron chi connectivity index (χ2n) is 7.78. The topological polar surface area (TPSA) is 106 Å². The first kappa shape index (κ1) is 23.4. The fourth-order valence-electron chi connectivity index (χ4n) is 3.14. The van der Waals surface area contributed by atoms with Crippen molar-refractivity contribution in [2.75, 3.05) is 24.4 Å². The minimum Gasteiger partial charge on any atom is -0.487 e. The lowest BCUT2D eigenvalue weighted by molar-refractivity contribution is -0.119. The van der Waals surface area contributed by atoms with E-state index in [9.17, 15) is 13.4 Å². The quantitative estimate of drug-likeness (QED) is 0.551. The van der Waals surface area contributed by atoms with E-state index in [4.69, 9.17) is 4.74 Å². The summed E-state index contributed by atoms with van der Waals surface area (Å²) in [6.07, 6.45) is 4.17. The summed E-state index contributed by atoms with van der Waals surface area (Å²) in [5, 5.41) is 6.63. The van der Waals surface area contributed by atoms with E-state index in [0.29, 0.717) is 22.7 Å². The molecule has 0 radical (unpaired) electrons. The molecule has 2 N–H and O–H groups in total. The summed E-state index contributed by atoms with van der Waals surface area (Å²) >= 11 is 0. The summed E-state index contributed by atoms with van der Waals surface area (Å²) in [4.78, 5) is 19.8. The molecule has 0 saturated heterocycles. The number of halogens is 1. The van der Waals surface area contributed by atoms with E-state index in [1.807, 2.05) is 13.0 Å². The van der Waals surface area contributed by atoms with Crippen LogP contribution in [-0.4, -0.2) is 45.2 Å². The van der Waals surface area contributed by atoms with Crippen LogP contribution in [0.3, 0.4) is 0 Å². The van der Waals surface area contributed by atoms with Gasteiger partial charge in [-0.1, -0.05) is 0 Å². The molecule has 170 valence electrons. The van der Waals surface area contributed by atoms with Gasteiger partial charge in [-0.05, 0) is 43.7 Å². The predicted molar refractivity (Wildman–Crippen MR) is 125 cm³/mol. The summed E-state index contributed by atoms with van der Waals surface area (Å²) in [6, 6.07) is 7.73. The van der Waals surface area contributed by atoms with E-state index in [1.165, 1.54) is 25.4 Å². The zero-order valence-electron chi connectivity index (χ0n) is 18.6. The molecule has 1 heterocycles. The van der Waals surface area contributed by atoms with Crippen molar-refractivity contribution >= 4 is 43.7 Å². The van der Waals surface area contributed by atoms with Gasteiger partial charge in [0.1, 0.15) is 29.8 Å². The Kier molecular flexibility index (Phi) is 6.93. The van der Waals surface area contributed by atoms with E-state index < -0.39 is 15.5 Å². The molecule has 3 rings (SSSR count). The molecule has 0 bridgehead atoms. The summed E-state index contributed by atoms with van der Waals surface area (Å²) in [6.45, 7) is 5.37. The Balaban J connectivity index is 1.98. The van der Waals surface area contributed by atoms with Gasteiger partial charge in [0.25, 0.3) is 0 Å². The number of carbonyl (C=O) groups excluding carboxylic acids is 1. The van der Waals surface area contributed by atoms with Crippen LogP contribution in [0.4, 0.5) is 21.6 Å². The Morgan fingerprint density at radius 1 is 1.25 bits per heavy atom. The summed E-state index contributed by atoms with van der Waals surface area (Å²) in [7, 11) is -2.32. The van der Waals surface area contributed by atoms with Gasteiger partial charge in [-0.3, -0.25) is 4.79 Å². The Bertz CT molecular complexity index is 1280. The van der Waals surface area contributed by atoms with Crippen molar-refractivity contribution in [2.45, 2.75) is 26.9 Å². The summed E-state index contributed by atoms with van der Waals surface area (Å²) in [5.41, 5.74) is 2.57. The average molecular weight is 460 g/mol. The first-order valence-electron chi connectivity index (χ1n) is 9.92. The Morgan fingerprint density at radius 3 is 2.69 bits per heavy atom. The molecule has 0 spiro atoms. The van der Waals surface area contributed by atoms with Crippen LogP contribution in [0.2, 0.25) is 0 Å². The molecule has 0 aliphatic carbocycles. The lowest BCUT2D eigenvalue weighted by Gasteiger charge is -2.19. The van der Waals surface area contributed by atoms with Gasteiger partial charge in [0.15, 0.2) is 0 Å². The SMILES string of the molecule is CC(=O)NC[C@H](C)Oc1cc(F)ccc1Nc1ncnc2cc(N=S(C)(C)=O)cc(C)c12. The van der Waals surface area contributed by atoms with Crippen molar-refractivity contribution in [3.8, 4) is 5.75 Å². The third-order valence-corrected chi connectivity index (χ3v) is 5.06. The fraction of sp³-hybridized carbons (Fsp3) is 0.318. The van der Waals surface area contributed by atoms with E-state index in [1.54, 1.807) is 31.6 Å². The smallest absolute Gasteiger partial charge is 0.217 e. The highest BCUT2D eigenvalue weighted by Gasteiger charge is 2.14. The monoisotopic (exact) mass is 459 g/mol. The predicted octanol–water partition coefficient (Wildman–Crippen LogP) is 4.08. The molecule has 0 unspecified atom stereocenters. The second kappa shape index (κ2) is 9.47. The van der Waals surface area contributed by atoms with Crippen LogP contribution in [0, 0.1) is 12.7 Å². The number of hydrogen-bond donors (Lipinski definition) is 2. The highest BCUT2D eigenvalue weighted by molar-refractivity contribution is 7.92. The van der Waals surface area contributed by atoms with Gasteiger partial charge in [-0.2, -0.15) is 4.36 Å². The van der Waals surface area contributed by atoms with Gasteiger partial charge in [-0.25, -0.2) is 18.6 Å². The van der Waals surface area contributed by atoms with E-state index in [-0.39, 0.29) is 24.3 Å². The molecule has 0 saturated carbocycles. The Labute approximate surface area is 186 Å². The van der Waals surface area contributed by atoms with Gasteiger partial charge < -0.3 is 15.4 Å². The number of nitrogens with zero attached hydrogens (tertiary/aromatic N) is 3. The number of carbonyl (C=O) groups is 1. The van der Waals surface area contributed by atoms with E-state index >= 15 is 0 Å². The molecule has 1 aromatic heterocycles. The average Bonchev–Trinajstić information content (AvgIpc) is 2.67. The van der Waals surface area contributed by atoms with Crippen LogP contribution >= 0.6 is 0 Å². The molecule has 32 heavy (non-hydrogen) atoms. The van der Waals surface area contributed by atoms with Crippen LogP contribution in [0.15, 0.2) is 41.0 Å². The maximum absolute atomic E-state index is 13.9. The number of aryl methyl sites for hydroxylation is 1. The number of hydrogen-bond acceptors (Lipinski definition) is 7. The van der Waals surface area contributed by atoms with Crippen molar-refractivity contribution in [3.63, 3.8) is 0 Å². The molecule has 8 nitrogen and oxygen atoms in total. The summed E-state index contributed by atoms with van der Waals surface area (Å²) in [5.74, 6) is 0.179. The van der Waals surface area contributed by atoms with Crippen molar-refractivity contribution < 1.29 is 18.1 Å². The highest BCUT2D eigenvalue weighted by atomic mass is 32.2. The van der Waals surface area contributed by atoms with Crippen LogP contribution < -0.4 is 15.4 Å². The number of fused-ring (bicyclic) bond motifs is 1. The molecular formula is C22H26FN5O3S. The number of amides is 1. The third-order valence-electron chi connectivity index (χ3n) is 4.41. The Morgan fingerprint density at radius 2 is 2.00 bits per heavy atom. The number of nitrogens with one attached hydrogen (secondary N) is 2. The van der Waals surface area contributed by atoms with Gasteiger partial charge in [0.05, 0.1) is 23.4 Å². The number of ether oxygens (including phenoxy) is 1. The standard InChI is InChI=1S/C22H26FN5O3S/c1-13-8-17(28-32(4,5)30)10-19-21(13)22(26-12-25-19)27-18-7-6-16(23)9-20(18)31-14(2)11-24-15(3)29/h6-10,12,14H,11H2,1-5H3,(H,24,29)(H,25,26,27)/t14-/m0/s1. The maximum atomic E-state index is 13.9. The van der Waals surface area contributed by atoms with Crippen molar-refractivity contribution in [1.82, 2.24) is 15.3 Å². The molecule has 0 fully saturated rings. The van der Waals surface area contributed by atoms with Gasteiger partial charge >= 0.3 is 0 Å². The van der Waals surface area contributed by atoms with Crippen molar-refractivity contribution in [1.29, 1.82) is 0 Å². The minimum absolute atomic E-state index is 0.172. The molecule has 2 aromatic carbocycles. The Hall–Kier alpha value is -3.27. The maximum Gasteiger partial charge on any atom is 0.217 e. The normalized spacial score (nSPS) is 12.3. The highest BCUT2D eigenvalue weighted by Crippen LogP contribution is 2.34. The van der Waals surface area contributed by atoms with Crippen LogP contribution in [0.25, 0.3) is 10.9 Å². The molecule has 1 amide bonds. The van der Waals surface area contributed by atoms with E-state index in [2.05, 4.69) is 25.0 Å². The van der Waals surface area contributed by atoms with E-state index in [0.717, 1.165) is 10.9 Å². The molecule has 0 aliphatic rings.